The van der Waals surface area contributed by atoms with Crippen molar-refractivity contribution in [3.63, 3.8) is 0 Å². The molecule has 2 nitrogen and oxygen atoms in total. The summed E-state index contributed by atoms with van der Waals surface area (Å²) in [6.45, 7) is 11.1. The summed E-state index contributed by atoms with van der Waals surface area (Å²) in [6, 6.07) is 9.86. The van der Waals surface area contributed by atoms with Gasteiger partial charge in [0.05, 0.1) is 11.5 Å². The van der Waals surface area contributed by atoms with Crippen molar-refractivity contribution in [1.29, 1.82) is 0 Å². The van der Waals surface area contributed by atoms with Crippen molar-refractivity contribution in [2.75, 3.05) is 0 Å². The van der Waals surface area contributed by atoms with Gasteiger partial charge >= 0.3 is 137 Å². The van der Waals surface area contributed by atoms with Crippen LogP contribution in [0.25, 0.3) is 0 Å². The van der Waals surface area contributed by atoms with Crippen molar-refractivity contribution >= 4 is 10.2 Å². The summed E-state index contributed by atoms with van der Waals surface area (Å²) in [4.78, 5) is 0. The van der Waals surface area contributed by atoms with Crippen LogP contribution in [0.2, 0.25) is 4.63 Å². The second-order valence-corrected chi connectivity index (χ2v) is 33.0. The van der Waals surface area contributed by atoms with E-state index in [4.69, 9.17) is 10.2 Å². The van der Waals surface area contributed by atoms with Gasteiger partial charge in [-0.3, -0.25) is 0 Å². The summed E-state index contributed by atoms with van der Waals surface area (Å²) >= 11 is -4.12. The summed E-state index contributed by atoms with van der Waals surface area (Å²) in [5, 5.41) is 15.7. The minimum absolute atomic E-state index is 0.167. The molecule has 0 atom stereocenters. The Morgan fingerprint density at radius 2 is 1.52 bits per heavy atom. The molecule has 0 saturated heterocycles. The van der Waals surface area contributed by atoms with Crippen molar-refractivity contribution in [1.82, 2.24) is 0 Å². The molecule has 0 amide bonds. The van der Waals surface area contributed by atoms with Gasteiger partial charge in [-0.15, -0.1) is 0 Å². The van der Waals surface area contributed by atoms with Gasteiger partial charge in [-0.05, 0) is 13.8 Å². The molecule has 0 unspecified atom stereocenters. The molecule has 168 valence electrons. The van der Waals surface area contributed by atoms with E-state index in [2.05, 4.69) is 29.9 Å². The van der Waals surface area contributed by atoms with Crippen LogP contribution in [-0.2, 0) is 17.4 Å². The zero-order chi connectivity index (χ0) is 23.9. The third-order valence-corrected chi connectivity index (χ3v) is 27.9. The van der Waals surface area contributed by atoms with E-state index in [9.17, 15) is 13.2 Å². The molecular formula is C24H31F3O2SiZr. The van der Waals surface area contributed by atoms with E-state index in [0.717, 1.165) is 9.69 Å². The fourth-order valence-corrected chi connectivity index (χ4v) is 21.1. The zero-order valence-corrected chi connectivity index (χ0v) is 22.2. The molecule has 2 aliphatic carbocycles. The summed E-state index contributed by atoms with van der Waals surface area (Å²) in [6.07, 6.45) is 5.97. The standard InChI is InChI=1S/C6H4F3.C6H5.C5H5.2C3H6O.CH3.H2Si.Zr/c7-6(8,9)5-3-1-2-4-5;1-2-4-6-5-3-1;1-2-4-5-3-1;2*1-3(2)4;;;/h1,3H,2H2;1-5H;1-3H,4H2;2*4H,1H2,2H3;1H3;1H2;. The molecule has 31 heavy (non-hydrogen) atoms. The molecule has 0 fully saturated rings. The fourth-order valence-electron chi connectivity index (χ4n) is 3.80. The first-order valence-corrected chi connectivity index (χ1v) is 21.9. The van der Waals surface area contributed by atoms with Gasteiger partial charge in [0.1, 0.15) is 0 Å². The van der Waals surface area contributed by atoms with Crippen LogP contribution in [0.1, 0.15) is 26.7 Å². The van der Waals surface area contributed by atoms with Gasteiger partial charge in [-0.1, -0.05) is 13.2 Å². The Kier molecular flexibility index (Phi) is 9.33. The van der Waals surface area contributed by atoms with Gasteiger partial charge in [0.25, 0.3) is 0 Å². The number of aliphatic hydroxyl groups excluding tert-OH is 2. The zero-order valence-electron chi connectivity index (χ0n) is 18.3. The number of hydrogen-bond donors (Lipinski definition) is 2. The number of hydrogen-bond acceptors (Lipinski definition) is 2. The van der Waals surface area contributed by atoms with Crippen LogP contribution >= 0.6 is 0 Å². The van der Waals surface area contributed by atoms with Crippen molar-refractivity contribution < 1.29 is 40.8 Å². The van der Waals surface area contributed by atoms with E-state index in [-0.39, 0.29) is 11.5 Å². The monoisotopic (exact) mass is 526 g/mol. The summed E-state index contributed by atoms with van der Waals surface area (Å²) in [5.74, 6) is 0.333. The third-order valence-electron chi connectivity index (χ3n) is 5.25. The summed E-state index contributed by atoms with van der Waals surface area (Å²) in [5.41, 5.74) is -0.405. The molecule has 7 heteroatoms. The molecule has 0 bridgehead atoms. The number of aliphatic hydroxyl groups is 2. The number of rotatable bonds is 3. The van der Waals surface area contributed by atoms with Gasteiger partial charge in [0.15, 0.2) is 0 Å². The number of alkyl halides is 3. The first-order chi connectivity index (χ1) is 14.2. The van der Waals surface area contributed by atoms with Crippen LogP contribution in [0, 0.1) is 0 Å². The van der Waals surface area contributed by atoms with Crippen LogP contribution in [0.3, 0.4) is 0 Å². The average molecular weight is 528 g/mol. The van der Waals surface area contributed by atoms with E-state index in [1.807, 2.05) is 43.3 Å². The number of halogens is 3. The molecule has 2 N–H and O–H groups in total. The topological polar surface area (TPSA) is 40.5 Å². The Balaban J connectivity index is 0.000000519. The molecule has 0 heterocycles. The van der Waals surface area contributed by atoms with Crippen molar-refractivity contribution in [2.45, 2.75) is 37.5 Å². The molecule has 1 aromatic rings. The molecule has 2 aliphatic rings. The van der Waals surface area contributed by atoms with Crippen molar-refractivity contribution in [3.05, 3.63) is 97.5 Å². The Hall–Kier alpha value is -1.85. The Labute approximate surface area is 185 Å². The van der Waals surface area contributed by atoms with Gasteiger partial charge < -0.3 is 10.2 Å². The Morgan fingerprint density at radius 3 is 1.94 bits per heavy atom. The quantitative estimate of drug-likeness (QED) is 0.354. The van der Waals surface area contributed by atoms with Gasteiger partial charge in [0.2, 0.25) is 0 Å². The van der Waals surface area contributed by atoms with Crippen LogP contribution in [0.15, 0.2) is 97.5 Å². The molecule has 0 radical (unpaired) electrons. The Morgan fingerprint density at radius 1 is 1.00 bits per heavy atom. The molecule has 1 aromatic carbocycles. The van der Waals surface area contributed by atoms with Crippen molar-refractivity contribution in [3.8, 4) is 0 Å². The molecular weight excluding hydrogens is 497 g/mol. The summed E-state index contributed by atoms with van der Waals surface area (Å²) < 4.78 is 46.0. The fraction of sp³-hybridized carbons (Fsp3) is 0.250. The van der Waals surface area contributed by atoms with Crippen LogP contribution in [-0.4, -0.2) is 23.3 Å². The normalized spacial score (nSPS) is 15.5. The summed E-state index contributed by atoms with van der Waals surface area (Å²) in [7, 11) is 0. The average Bonchev–Trinajstić information content (AvgIpc) is 3.34. The maximum absolute atomic E-state index is 13.6. The molecule has 0 aromatic heterocycles. The molecule has 0 spiro atoms. The molecule has 0 aliphatic heterocycles. The van der Waals surface area contributed by atoms with E-state index in [1.54, 1.807) is 6.08 Å². The second kappa shape index (κ2) is 10.6. The van der Waals surface area contributed by atoms with E-state index < -0.39 is 29.1 Å². The predicted octanol–water partition coefficient (Wildman–Crippen LogP) is 6.37. The van der Waals surface area contributed by atoms with E-state index in [1.165, 1.54) is 23.2 Å². The van der Waals surface area contributed by atoms with E-state index in [0.29, 0.717) is 9.70 Å². The van der Waals surface area contributed by atoms with Crippen LogP contribution in [0.4, 0.5) is 13.2 Å². The van der Waals surface area contributed by atoms with Gasteiger partial charge in [0, 0.05) is 0 Å². The van der Waals surface area contributed by atoms with Gasteiger partial charge in [-0.25, -0.2) is 0 Å². The first kappa shape index (κ1) is 27.2. The second-order valence-electron chi connectivity index (χ2n) is 8.17. The predicted molar refractivity (Wildman–Crippen MR) is 124 cm³/mol. The number of allylic oxidation sites excluding steroid dienone is 10. The van der Waals surface area contributed by atoms with E-state index >= 15 is 0 Å². The molecule has 0 saturated carbocycles. The number of benzene rings is 1. The maximum atomic E-state index is 13.6. The Bertz CT molecular complexity index is 995. The SMILES string of the molecule is C=C(C)O.C=C(C)O.[CH3][Zr](=[SiH2])([C]1=CC=CC1)([C]1=C(C(F)(F)F)C=CC1)[c]1ccccc1. The van der Waals surface area contributed by atoms with Crippen LogP contribution in [0.5, 0.6) is 0 Å². The first-order valence-electron chi connectivity index (χ1n) is 9.84. The third kappa shape index (κ3) is 6.81. The van der Waals surface area contributed by atoms with Crippen LogP contribution < -0.4 is 3.27 Å². The van der Waals surface area contributed by atoms with Crippen molar-refractivity contribution in [2.24, 2.45) is 0 Å². The minimum atomic E-state index is -4.28. The molecule has 3 rings (SSSR count). The van der Waals surface area contributed by atoms with Gasteiger partial charge in [-0.2, -0.15) is 0 Å².